The highest BCUT2D eigenvalue weighted by molar-refractivity contribution is 5.76. The van der Waals surface area contributed by atoms with Gasteiger partial charge >= 0.3 is 5.97 Å². The van der Waals surface area contributed by atoms with Crippen LogP contribution in [-0.4, -0.2) is 22.1 Å². The Hall–Kier alpha value is -1.62. The highest BCUT2D eigenvalue weighted by Gasteiger charge is 2.18. The van der Waals surface area contributed by atoms with Gasteiger partial charge < -0.3 is 5.11 Å². The maximum atomic E-state index is 10.6. The molecule has 1 atom stereocenters. The number of carboxylic acids is 1. The third-order valence-electron chi connectivity index (χ3n) is 1.69. The summed E-state index contributed by atoms with van der Waals surface area (Å²) in [5, 5.41) is 9.78. The molecule has 0 saturated heterocycles. The zero-order valence-corrected chi connectivity index (χ0v) is 7.21. The van der Waals surface area contributed by atoms with Crippen molar-refractivity contribution in [1.82, 2.24) is 4.98 Å². The van der Waals surface area contributed by atoms with Crippen LogP contribution in [0.1, 0.15) is 6.92 Å². The second-order valence-electron chi connectivity index (χ2n) is 2.61. The van der Waals surface area contributed by atoms with Gasteiger partial charge in [-0.15, -0.1) is 0 Å². The number of hydrogen-bond donors (Lipinski definition) is 2. The smallest absolute Gasteiger partial charge is 0.327 e. The lowest BCUT2D eigenvalue weighted by Gasteiger charge is -2.21. The first kappa shape index (κ1) is 9.47. The molecule has 1 aromatic rings. The van der Waals surface area contributed by atoms with Gasteiger partial charge in [0, 0.05) is 6.20 Å². The van der Waals surface area contributed by atoms with Gasteiger partial charge in [-0.3, -0.25) is 5.01 Å². The SMILES string of the molecule is C[C@@H](C(=O)O)N(N)c1ccccn1. The van der Waals surface area contributed by atoms with E-state index < -0.39 is 12.0 Å². The van der Waals surface area contributed by atoms with Crippen molar-refractivity contribution in [3.05, 3.63) is 24.4 Å². The molecule has 0 aliphatic carbocycles. The standard InChI is InChI=1S/C8H11N3O2/c1-6(8(12)13)11(9)7-4-2-3-5-10-7/h2-6H,9H2,1H3,(H,12,13)/t6-/m0/s1. The monoisotopic (exact) mass is 181 g/mol. The average Bonchev–Trinajstić information content (AvgIpc) is 2.17. The second kappa shape index (κ2) is 3.86. The maximum Gasteiger partial charge on any atom is 0.327 e. The van der Waals surface area contributed by atoms with E-state index >= 15 is 0 Å². The van der Waals surface area contributed by atoms with Crippen LogP contribution in [0.2, 0.25) is 0 Å². The van der Waals surface area contributed by atoms with Gasteiger partial charge in [-0.25, -0.2) is 15.6 Å². The Morgan fingerprint density at radius 3 is 2.85 bits per heavy atom. The first-order valence-electron chi connectivity index (χ1n) is 3.80. The molecule has 5 nitrogen and oxygen atoms in total. The lowest BCUT2D eigenvalue weighted by atomic mass is 10.3. The van der Waals surface area contributed by atoms with E-state index in [2.05, 4.69) is 4.98 Å². The zero-order valence-electron chi connectivity index (χ0n) is 7.21. The number of hydrogen-bond acceptors (Lipinski definition) is 4. The number of aliphatic carboxylic acids is 1. The van der Waals surface area contributed by atoms with Gasteiger partial charge in [0.25, 0.3) is 0 Å². The molecule has 1 heterocycles. The van der Waals surface area contributed by atoms with Gasteiger partial charge in [0.1, 0.15) is 11.9 Å². The summed E-state index contributed by atoms with van der Waals surface area (Å²) in [5.74, 6) is 4.99. The normalized spacial score (nSPS) is 12.2. The van der Waals surface area contributed by atoms with Crippen LogP contribution in [0.5, 0.6) is 0 Å². The molecule has 0 spiro atoms. The van der Waals surface area contributed by atoms with E-state index in [1.165, 1.54) is 6.92 Å². The number of rotatable bonds is 3. The lowest BCUT2D eigenvalue weighted by molar-refractivity contribution is -0.138. The highest BCUT2D eigenvalue weighted by atomic mass is 16.4. The van der Waals surface area contributed by atoms with Gasteiger partial charge in [0.15, 0.2) is 0 Å². The van der Waals surface area contributed by atoms with Crippen LogP contribution >= 0.6 is 0 Å². The van der Waals surface area contributed by atoms with Crippen LogP contribution in [0.3, 0.4) is 0 Å². The Morgan fingerprint density at radius 2 is 2.38 bits per heavy atom. The van der Waals surface area contributed by atoms with E-state index in [9.17, 15) is 4.79 Å². The van der Waals surface area contributed by atoms with Crippen molar-refractivity contribution in [1.29, 1.82) is 0 Å². The molecular formula is C8H11N3O2. The molecule has 0 aliphatic rings. The number of carboxylic acid groups (broad SMARTS) is 1. The van der Waals surface area contributed by atoms with Crippen molar-refractivity contribution in [2.75, 3.05) is 5.01 Å². The first-order chi connectivity index (χ1) is 6.13. The summed E-state index contributed by atoms with van der Waals surface area (Å²) >= 11 is 0. The van der Waals surface area contributed by atoms with Crippen molar-refractivity contribution in [2.45, 2.75) is 13.0 Å². The molecule has 1 rings (SSSR count). The second-order valence-corrected chi connectivity index (χ2v) is 2.61. The van der Waals surface area contributed by atoms with Crippen LogP contribution in [-0.2, 0) is 4.79 Å². The third kappa shape index (κ3) is 2.16. The fourth-order valence-electron chi connectivity index (χ4n) is 0.824. The van der Waals surface area contributed by atoms with E-state index in [0.29, 0.717) is 5.82 Å². The number of nitrogens with zero attached hydrogens (tertiary/aromatic N) is 2. The molecule has 0 saturated carbocycles. The number of anilines is 1. The summed E-state index contributed by atoms with van der Waals surface area (Å²) in [6.07, 6.45) is 1.56. The molecule has 0 aromatic carbocycles. The molecular weight excluding hydrogens is 170 g/mol. The summed E-state index contributed by atoms with van der Waals surface area (Å²) < 4.78 is 0. The van der Waals surface area contributed by atoms with Gasteiger partial charge in [-0.1, -0.05) is 6.07 Å². The Morgan fingerprint density at radius 1 is 1.69 bits per heavy atom. The summed E-state index contributed by atoms with van der Waals surface area (Å²) in [6.45, 7) is 1.50. The predicted octanol–water partition coefficient (Wildman–Crippen LogP) is 0.235. The van der Waals surface area contributed by atoms with E-state index in [-0.39, 0.29) is 0 Å². The van der Waals surface area contributed by atoms with Crippen LogP contribution in [0, 0.1) is 0 Å². The fraction of sp³-hybridized carbons (Fsp3) is 0.250. The summed E-state index contributed by atoms with van der Waals surface area (Å²) in [4.78, 5) is 14.5. The molecule has 0 fully saturated rings. The minimum Gasteiger partial charge on any atom is -0.480 e. The molecule has 0 amide bonds. The zero-order chi connectivity index (χ0) is 9.84. The summed E-state index contributed by atoms with van der Waals surface area (Å²) in [6, 6.07) is 4.36. The first-order valence-corrected chi connectivity index (χ1v) is 3.80. The predicted molar refractivity (Wildman–Crippen MR) is 48.0 cm³/mol. The molecule has 3 N–H and O–H groups in total. The van der Waals surface area contributed by atoms with Gasteiger partial charge in [-0.2, -0.15) is 0 Å². The molecule has 13 heavy (non-hydrogen) atoms. The minimum atomic E-state index is -0.979. The average molecular weight is 181 g/mol. The number of aromatic nitrogens is 1. The van der Waals surface area contributed by atoms with Crippen molar-refractivity contribution < 1.29 is 9.90 Å². The molecule has 5 heteroatoms. The van der Waals surface area contributed by atoms with Gasteiger partial charge in [0.05, 0.1) is 0 Å². The number of carbonyl (C=O) groups is 1. The lowest BCUT2D eigenvalue weighted by Crippen LogP contribution is -2.44. The van der Waals surface area contributed by atoms with Crippen LogP contribution in [0.4, 0.5) is 5.82 Å². The molecule has 70 valence electrons. The molecule has 0 bridgehead atoms. The van der Waals surface area contributed by atoms with E-state index in [1.54, 1.807) is 24.4 Å². The van der Waals surface area contributed by atoms with Gasteiger partial charge in [-0.05, 0) is 19.1 Å². The Balaban J connectivity index is 2.79. The number of nitrogens with two attached hydrogens (primary N) is 1. The number of hydrazine groups is 1. The summed E-state index contributed by atoms with van der Waals surface area (Å²) in [7, 11) is 0. The fourth-order valence-corrected chi connectivity index (χ4v) is 0.824. The maximum absolute atomic E-state index is 10.6. The third-order valence-corrected chi connectivity index (χ3v) is 1.69. The quantitative estimate of drug-likeness (QED) is 0.515. The summed E-state index contributed by atoms with van der Waals surface area (Å²) in [5.41, 5.74) is 0. The van der Waals surface area contributed by atoms with Crippen molar-refractivity contribution >= 4 is 11.8 Å². The Kier molecular flexibility index (Phi) is 2.81. The van der Waals surface area contributed by atoms with Crippen molar-refractivity contribution in [3.8, 4) is 0 Å². The Bertz CT molecular complexity index is 289. The molecule has 0 unspecified atom stereocenters. The van der Waals surface area contributed by atoms with E-state index in [1.807, 2.05) is 0 Å². The van der Waals surface area contributed by atoms with Crippen molar-refractivity contribution in [3.63, 3.8) is 0 Å². The number of pyridine rings is 1. The molecule has 0 aliphatic heterocycles. The van der Waals surface area contributed by atoms with Gasteiger partial charge in [0.2, 0.25) is 0 Å². The topological polar surface area (TPSA) is 79.5 Å². The van der Waals surface area contributed by atoms with Crippen LogP contribution < -0.4 is 10.9 Å². The Labute approximate surface area is 75.8 Å². The molecule has 1 aromatic heterocycles. The minimum absolute atomic E-state index is 0.442. The highest BCUT2D eigenvalue weighted by Crippen LogP contribution is 2.07. The van der Waals surface area contributed by atoms with E-state index in [4.69, 9.17) is 10.9 Å². The van der Waals surface area contributed by atoms with E-state index in [0.717, 1.165) is 5.01 Å². The van der Waals surface area contributed by atoms with Crippen LogP contribution in [0.25, 0.3) is 0 Å². The molecule has 0 radical (unpaired) electrons. The van der Waals surface area contributed by atoms with Crippen LogP contribution in [0.15, 0.2) is 24.4 Å². The largest absolute Gasteiger partial charge is 0.480 e. The van der Waals surface area contributed by atoms with Crippen molar-refractivity contribution in [2.24, 2.45) is 5.84 Å².